The molecule has 1 aromatic rings. The van der Waals surface area contributed by atoms with Crippen molar-refractivity contribution in [3.8, 4) is 5.75 Å². The Kier molecular flexibility index (Phi) is 6.27. The number of amides is 2. The van der Waals surface area contributed by atoms with Crippen LogP contribution in [0.3, 0.4) is 0 Å². The van der Waals surface area contributed by atoms with Crippen LogP contribution in [0, 0.1) is 17.8 Å². The van der Waals surface area contributed by atoms with Crippen molar-refractivity contribution in [2.45, 2.75) is 37.8 Å². The number of nitrogens with zero attached hydrogens (tertiary/aromatic N) is 1. The van der Waals surface area contributed by atoms with Gasteiger partial charge in [-0.25, -0.2) is 0 Å². The minimum atomic E-state index is -0.113. The highest BCUT2D eigenvalue weighted by atomic mass is 35.5. The first-order chi connectivity index (χ1) is 12.6. The van der Waals surface area contributed by atoms with Gasteiger partial charge in [-0.1, -0.05) is 18.2 Å². The van der Waals surface area contributed by atoms with E-state index in [1.165, 1.54) is 0 Å². The highest BCUT2D eigenvalue weighted by Crippen LogP contribution is 2.47. The Bertz CT molecular complexity index is 670. The van der Waals surface area contributed by atoms with E-state index in [-0.39, 0.29) is 42.2 Å². The van der Waals surface area contributed by atoms with Crippen LogP contribution in [0.5, 0.6) is 5.75 Å². The van der Waals surface area contributed by atoms with Crippen LogP contribution >= 0.6 is 12.4 Å². The van der Waals surface area contributed by atoms with Crippen molar-refractivity contribution < 1.29 is 14.3 Å². The molecule has 0 aromatic heterocycles. The molecule has 7 heteroatoms. The molecule has 2 bridgehead atoms. The zero-order chi connectivity index (χ0) is 18.1. The van der Waals surface area contributed by atoms with Gasteiger partial charge in [0.2, 0.25) is 11.8 Å². The summed E-state index contributed by atoms with van der Waals surface area (Å²) in [7, 11) is 0. The van der Waals surface area contributed by atoms with E-state index in [2.05, 4.69) is 5.32 Å². The van der Waals surface area contributed by atoms with E-state index < -0.39 is 0 Å². The summed E-state index contributed by atoms with van der Waals surface area (Å²) in [6.45, 7) is 1.54. The first-order valence-electron chi connectivity index (χ1n) is 9.63. The second-order valence-corrected chi connectivity index (χ2v) is 7.85. The number of fused-ring (bicyclic) bond motifs is 2. The first-order valence-corrected chi connectivity index (χ1v) is 9.63. The average molecular weight is 394 g/mol. The Labute approximate surface area is 166 Å². The molecule has 0 radical (unpaired) electrons. The predicted octanol–water partition coefficient (Wildman–Crippen LogP) is 1.58. The Morgan fingerprint density at radius 2 is 1.96 bits per heavy atom. The number of halogens is 1. The summed E-state index contributed by atoms with van der Waals surface area (Å²) in [6, 6.07) is 9.44. The average Bonchev–Trinajstić information content (AvgIpc) is 3.31. The molecular formula is C20H28ClN3O3. The van der Waals surface area contributed by atoms with Crippen LogP contribution < -0.4 is 15.8 Å². The topological polar surface area (TPSA) is 84.7 Å². The monoisotopic (exact) mass is 393 g/mol. The maximum Gasteiger partial charge on any atom is 0.225 e. The Balaban J connectivity index is 0.00000210. The van der Waals surface area contributed by atoms with Crippen LogP contribution in [0.25, 0.3) is 0 Å². The molecule has 1 aromatic carbocycles. The molecule has 2 aliphatic carbocycles. The molecule has 148 valence electrons. The Hall–Kier alpha value is -1.79. The van der Waals surface area contributed by atoms with Gasteiger partial charge in [0.15, 0.2) is 0 Å². The van der Waals surface area contributed by atoms with Gasteiger partial charge in [-0.05, 0) is 43.2 Å². The largest absolute Gasteiger partial charge is 0.492 e. The van der Waals surface area contributed by atoms with Gasteiger partial charge in [-0.2, -0.15) is 0 Å². The third-order valence-electron chi connectivity index (χ3n) is 6.22. The number of nitrogens with one attached hydrogen (secondary N) is 1. The van der Waals surface area contributed by atoms with E-state index in [0.717, 1.165) is 25.0 Å². The molecule has 27 heavy (non-hydrogen) atoms. The number of benzene rings is 1. The SMILES string of the molecule is Cl.NC1C2CCC(C2)C1C(=O)NC1CC(=O)N(CCOc2ccccc2)C1. The lowest BCUT2D eigenvalue weighted by Crippen LogP contribution is -2.48. The molecule has 1 saturated heterocycles. The normalized spacial score (nSPS) is 31.7. The molecular weight excluding hydrogens is 366 g/mol. The van der Waals surface area contributed by atoms with Crippen LogP contribution in [0.1, 0.15) is 25.7 Å². The number of para-hydroxylation sites is 1. The minimum absolute atomic E-state index is 0. The number of carbonyl (C=O) groups is 2. The van der Waals surface area contributed by atoms with Crippen LogP contribution in [0.15, 0.2) is 30.3 Å². The predicted molar refractivity (Wildman–Crippen MR) is 105 cm³/mol. The van der Waals surface area contributed by atoms with Crippen molar-refractivity contribution >= 4 is 24.2 Å². The second kappa shape index (κ2) is 8.48. The molecule has 1 heterocycles. The van der Waals surface area contributed by atoms with Gasteiger partial charge in [0.1, 0.15) is 12.4 Å². The molecule has 5 atom stereocenters. The molecule has 3 aliphatic rings. The molecule has 4 rings (SSSR count). The van der Waals surface area contributed by atoms with E-state index in [0.29, 0.717) is 38.0 Å². The molecule has 2 saturated carbocycles. The zero-order valence-corrected chi connectivity index (χ0v) is 16.2. The van der Waals surface area contributed by atoms with Crippen molar-refractivity contribution in [1.29, 1.82) is 0 Å². The van der Waals surface area contributed by atoms with Gasteiger partial charge in [0, 0.05) is 19.0 Å². The lowest BCUT2D eigenvalue weighted by molar-refractivity contribution is -0.128. The minimum Gasteiger partial charge on any atom is -0.492 e. The maximum absolute atomic E-state index is 12.7. The van der Waals surface area contributed by atoms with Crippen molar-refractivity contribution in [3.05, 3.63) is 30.3 Å². The molecule has 3 fully saturated rings. The third kappa shape index (κ3) is 4.22. The molecule has 0 spiro atoms. The van der Waals surface area contributed by atoms with Crippen molar-refractivity contribution in [2.24, 2.45) is 23.5 Å². The van der Waals surface area contributed by atoms with Crippen LogP contribution in [-0.4, -0.2) is 48.5 Å². The molecule has 6 nitrogen and oxygen atoms in total. The summed E-state index contributed by atoms with van der Waals surface area (Å²) in [6.07, 6.45) is 3.73. The van der Waals surface area contributed by atoms with Crippen LogP contribution in [0.2, 0.25) is 0 Å². The third-order valence-corrected chi connectivity index (χ3v) is 6.22. The summed E-state index contributed by atoms with van der Waals surface area (Å²) < 4.78 is 5.66. The van der Waals surface area contributed by atoms with E-state index >= 15 is 0 Å². The number of nitrogens with two attached hydrogens (primary N) is 1. The molecule has 3 N–H and O–H groups in total. The van der Waals surface area contributed by atoms with Gasteiger partial charge < -0.3 is 20.7 Å². The summed E-state index contributed by atoms with van der Waals surface area (Å²) in [5.74, 6) is 1.79. The number of ether oxygens (including phenoxy) is 1. The number of carbonyl (C=O) groups excluding carboxylic acids is 2. The summed E-state index contributed by atoms with van der Waals surface area (Å²) >= 11 is 0. The van der Waals surface area contributed by atoms with Crippen molar-refractivity contribution in [1.82, 2.24) is 10.2 Å². The number of rotatable bonds is 6. The van der Waals surface area contributed by atoms with Gasteiger partial charge in [0.25, 0.3) is 0 Å². The van der Waals surface area contributed by atoms with Gasteiger partial charge in [-0.15, -0.1) is 12.4 Å². The van der Waals surface area contributed by atoms with Crippen molar-refractivity contribution in [2.75, 3.05) is 19.7 Å². The maximum atomic E-state index is 12.7. The van der Waals surface area contributed by atoms with Gasteiger partial charge in [-0.3, -0.25) is 9.59 Å². The van der Waals surface area contributed by atoms with Crippen molar-refractivity contribution in [3.63, 3.8) is 0 Å². The standard InChI is InChI=1S/C20H27N3O3.ClH/c21-19-14-7-6-13(10-14)18(19)20(25)22-15-11-17(24)23(12-15)8-9-26-16-4-2-1-3-5-16;/h1-5,13-15,18-19H,6-12,21H2,(H,22,25);1H. The lowest BCUT2D eigenvalue weighted by Gasteiger charge is -2.28. The fourth-order valence-electron chi connectivity index (χ4n) is 4.90. The number of hydrogen-bond acceptors (Lipinski definition) is 4. The highest BCUT2D eigenvalue weighted by Gasteiger charge is 2.49. The Morgan fingerprint density at radius 3 is 2.67 bits per heavy atom. The molecule has 2 amide bonds. The fourth-order valence-corrected chi connectivity index (χ4v) is 4.90. The summed E-state index contributed by atoms with van der Waals surface area (Å²) in [5.41, 5.74) is 6.26. The number of likely N-dealkylation sites (tertiary alicyclic amines) is 1. The fraction of sp³-hybridized carbons (Fsp3) is 0.600. The summed E-state index contributed by atoms with van der Waals surface area (Å²) in [4.78, 5) is 26.7. The van der Waals surface area contributed by atoms with Crippen LogP contribution in [0.4, 0.5) is 0 Å². The lowest BCUT2D eigenvalue weighted by atomic mass is 9.84. The summed E-state index contributed by atoms with van der Waals surface area (Å²) in [5, 5.41) is 3.08. The second-order valence-electron chi connectivity index (χ2n) is 7.85. The number of hydrogen-bond donors (Lipinski definition) is 2. The van der Waals surface area contributed by atoms with E-state index in [9.17, 15) is 9.59 Å². The Morgan fingerprint density at radius 1 is 1.22 bits per heavy atom. The first kappa shape index (κ1) is 20.0. The van der Waals surface area contributed by atoms with Gasteiger partial charge >= 0.3 is 0 Å². The smallest absolute Gasteiger partial charge is 0.225 e. The van der Waals surface area contributed by atoms with Crippen LogP contribution in [-0.2, 0) is 9.59 Å². The molecule has 5 unspecified atom stereocenters. The van der Waals surface area contributed by atoms with E-state index in [1.54, 1.807) is 4.90 Å². The highest BCUT2D eigenvalue weighted by molar-refractivity contribution is 5.85. The van der Waals surface area contributed by atoms with Gasteiger partial charge in [0.05, 0.1) is 18.5 Å². The quantitative estimate of drug-likeness (QED) is 0.768. The zero-order valence-electron chi connectivity index (χ0n) is 15.4. The van der Waals surface area contributed by atoms with E-state index in [1.807, 2.05) is 30.3 Å². The van der Waals surface area contributed by atoms with E-state index in [4.69, 9.17) is 10.5 Å². The molecule has 1 aliphatic heterocycles.